The fourth-order valence-electron chi connectivity index (χ4n) is 4.88. The van der Waals surface area contributed by atoms with Crippen molar-refractivity contribution in [3.63, 3.8) is 0 Å². The predicted octanol–water partition coefficient (Wildman–Crippen LogP) is 3.95. The lowest BCUT2D eigenvalue weighted by Gasteiger charge is -2.26. The Hall–Kier alpha value is -3.61. The van der Waals surface area contributed by atoms with Gasteiger partial charge >= 0.3 is 12.1 Å². The summed E-state index contributed by atoms with van der Waals surface area (Å²) in [7, 11) is 0. The van der Waals surface area contributed by atoms with E-state index >= 15 is 0 Å². The SMILES string of the molecule is O=C(O)C(F)(F)F.O=C1c2cc3c(cc2-c2c1c1ccc(Cl)cc1c(=O)n2CCCN1CCOCC1)OCO3. The van der Waals surface area contributed by atoms with Crippen LogP contribution in [0.5, 0.6) is 11.5 Å². The summed E-state index contributed by atoms with van der Waals surface area (Å²) in [5.74, 6) is -1.72. The van der Waals surface area contributed by atoms with E-state index in [0.717, 1.165) is 44.8 Å². The van der Waals surface area contributed by atoms with Crippen LogP contribution in [0.3, 0.4) is 0 Å². The molecule has 0 amide bonds. The molecule has 3 heterocycles. The van der Waals surface area contributed by atoms with Crippen molar-refractivity contribution >= 4 is 34.1 Å². The van der Waals surface area contributed by atoms with Gasteiger partial charge in [0.2, 0.25) is 6.79 Å². The molecule has 0 atom stereocenters. The molecule has 1 fully saturated rings. The maximum atomic E-state index is 13.6. The van der Waals surface area contributed by atoms with Crippen molar-refractivity contribution in [2.45, 2.75) is 19.1 Å². The van der Waals surface area contributed by atoms with Gasteiger partial charge in [0.1, 0.15) is 0 Å². The lowest BCUT2D eigenvalue weighted by atomic mass is 10.0. The van der Waals surface area contributed by atoms with Gasteiger partial charge in [-0.05, 0) is 30.7 Å². The summed E-state index contributed by atoms with van der Waals surface area (Å²) >= 11 is 6.21. The van der Waals surface area contributed by atoms with Crippen LogP contribution in [0.25, 0.3) is 22.0 Å². The summed E-state index contributed by atoms with van der Waals surface area (Å²) in [6, 6.07) is 8.68. The Kier molecular flexibility index (Phi) is 7.27. The summed E-state index contributed by atoms with van der Waals surface area (Å²) < 4.78 is 49.9. The Morgan fingerprint density at radius 1 is 0.974 bits per heavy atom. The molecule has 0 bridgehead atoms. The molecule has 0 radical (unpaired) electrons. The topological polar surface area (TPSA) is 107 Å². The number of aliphatic carboxylic acids is 1. The Labute approximate surface area is 224 Å². The van der Waals surface area contributed by atoms with Crippen molar-refractivity contribution in [2.24, 2.45) is 0 Å². The third kappa shape index (κ3) is 5.19. The maximum absolute atomic E-state index is 13.6. The summed E-state index contributed by atoms with van der Waals surface area (Å²) in [6.07, 6.45) is -4.30. The molecule has 39 heavy (non-hydrogen) atoms. The number of fused-ring (bicyclic) bond motifs is 6. The number of carbonyl (C=O) groups excluding carboxylic acids is 1. The highest BCUT2D eigenvalue weighted by Gasteiger charge is 2.38. The fourth-order valence-corrected chi connectivity index (χ4v) is 5.05. The lowest BCUT2D eigenvalue weighted by Crippen LogP contribution is -2.37. The van der Waals surface area contributed by atoms with Crippen molar-refractivity contribution in [1.82, 2.24) is 9.47 Å². The van der Waals surface area contributed by atoms with Crippen molar-refractivity contribution in [2.75, 3.05) is 39.6 Å². The molecule has 206 valence electrons. The fraction of sp³-hybridized carbons (Fsp3) is 0.346. The first-order valence-electron chi connectivity index (χ1n) is 12.0. The zero-order valence-electron chi connectivity index (χ0n) is 20.3. The molecule has 9 nitrogen and oxygen atoms in total. The standard InChI is InChI=1S/C24H21ClN2O5.C2HF3O2/c25-14-2-3-15-18(10-14)24(29)27(5-1-4-26-6-8-30-9-7-26)22-16-11-19-20(32-13-31-19)12-17(16)23(28)21(15)22;3-2(4,5)1(6)7/h2-3,10-12H,1,4-9,13H2;(H,6,7). The minimum absolute atomic E-state index is 0.109. The van der Waals surface area contributed by atoms with Crippen LogP contribution >= 0.6 is 11.6 Å². The zero-order chi connectivity index (χ0) is 27.9. The van der Waals surface area contributed by atoms with Crippen molar-refractivity contribution in [3.05, 3.63) is 56.8 Å². The van der Waals surface area contributed by atoms with E-state index in [-0.39, 0.29) is 18.1 Å². The number of aromatic nitrogens is 1. The van der Waals surface area contributed by atoms with Gasteiger partial charge in [0.05, 0.1) is 24.5 Å². The van der Waals surface area contributed by atoms with E-state index in [9.17, 15) is 22.8 Å². The minimum atomic E-state index is -5.08. The molecule has 0 unspecified atom stereocenters. The lowest BCUT2D eigenvalue weighted by molar-refractivity contribution is -0.192. The smallest absolute Gasteiger partial charge is 0.475 e. The van der Waals surface area contributed by atoms with E-state index in [4.69, 9.17) is 35.7 Å². The van der Waals surface area contributed by atoms with E-state index < -0.39 is 12.1 Å². The number of benzene rings is 2. The molecule has 3 aliphatic rings. The number of carboxylic acid groups (broad SMARTS) is 1. The summed E-state index contributed by atoms with van der Waals surface area (Å²) in [5, 5.41) is 8.68. The number of halogens is 4. The van der Waals surface area contributed by atoms with Gasteiger partial charge < -0.3 is 23.9 Å². The molecule has 2 aromatic carbocycles. The van der Waals surface area contributed by atoms with Crippen molar-refractivity contribution < 1.29 is 42.1 Å². The maximum Gasteiger partial charge on any atom is 0.490 e. The number of ether oxygens (including phenoxy) is 3. The monoisotopic (exact) mass is 566 g/mol. The van der Waals surface area contributed by atoms with E-state index in [0.29, 0.717) is 50.7 Å². The van der Waals surface area contributed by atoms with Crippen LogP contribution in [0.4, 0.5) is 13.2 Å². The molecule has 3 aromatic rings. The average molecular weight is 567 g/mol. The van der Waals surface area contributed by atoms with Crippen LogP contribution < -0.4 is 15.0 Å². The number of nitrogens with zero attached hydrogens (tertiary/aromatic N) is 2. The zero-order valence-corrected chi connectivity index (χ0v) is 21.1. The third-order valence-corrected chi connectivity index (χ3v) is 6.91. The molecule has 1 saturated heterocycles. The van der Waals surface area contributed by atoms with Crippen LogP contribution in [0.1, 0.15) is 22.3 Å². The molecule has 1 N–H and O–H groups in total. The second-order valence-corrected chi connectivity index (χ2v) is 9.50. The first-order chi connectivity index (χ1) is 18.6. The van der Waals surface area contributed by atoms with Gasteiger partial charge in [0.25, 0.3) is 5.56 Å². The average Bonchev–Trinajstić information content (AvgIpc) is 3.47. The molecule has 6 rings (SSSR count). The Morgan fingerprint density at radius 3 is 2.26 bits per heavy atom. The van der Waals surface area contributed by atoms with Gasteiger partial charge in [-0.25, -0.2) is 4.79 Å². The molecule has 1 aromatic heterocycles. The predicted molar refractivity (Wildman–Crippen MR) is 134 cm³/mol. The molecule has 0 saturated carbocycles. The molecular formula is C26H22ClF3N2O7. The van der Waals surface area contributed by atoms with Gasteiger partial charge in [0.15, 0.2) is 17.3 Å². The van der Waals surface area contributed by atoms with Gasteiger partial charge in [-0.3, -0.25) is 14.5 Å². The Balaban J connectivity index is 0.000000392. The molecule has 2 aliphatic heterocycles. The van der Waals surface area contributed by atoms with E-state index in [1.54, 1.807) is 28.8 Å². The second kappa shape index (κ2) is 10.5. The second-order valence-electron chi connectivity index (χ2n) is 9.06. The number of alkyl halides is 3. The van der Waals surface area contributed by atoms with Crippen LogP contribution in [0, 0.1) is 0 Å². The highest BCUT2D eigenvalue weighted by molar-refractivity contribution is 6.32. The van der Waals surface area contributed by atoms with E-state index in [2.05, 4.69) is 4.90 Å². The molecular weight excluding hydrogens is 545 g/mol. The van der Waals surface area contributed by atoms with E-state index in [1.165, 1.54) is 0 Å². The number of ketones is 1. The number of hydrogen-bond donors (Lipinski definition) is 1. The first kappa shape index (κ1) is 27.0. The van der Waals surface area contributed by atoms with Crippen LogP contribution in [-0.4, -0.2) is 72.1 Å². The van der Waals surface area contributed by atoms with Crippen LogP contribution in [0.2, 0.25) is 5.02 Å². The highest BCUT2D eigenvalue weighted by atomic mass is 35.5. The minimum Gasteiger partial charge on any atom is -0.475 e. The van der Waals surface area contributed by atoms with Crippen molar-refractivity contribution in [3.8, 4) is 22.8 Å². The van der Waals surface area contributed by atoms with Gasteiger partial charge in [-0.2, -0.15) is 13.2 Å². The number of carboxylic acids is 1. The summed E-state index contributed by atoms with van der Waals surface area (Å²) in [5.41, 5.74) is 2.32. The number of rotatable bonds is 4. The largest absolute Gasteiger partial charge is 0.490 e. The normalized spacial score (nSPS) is 16.1. The molecule has 13 heteroatoms. The quantitative estimate of drug-likeness (QED) is 0.396. The summed E-state index contributed by atoms with van der Waals surface area (Å²) in [6.45, 7) is 4.75. The van der Waals surface area contributed by atoms with Gasteiger partial charge in [0, 0.05) is 53.1 Å². The van der Waals surface area contributed by atoms with Crippen molar-refractivity contribution in [1.29, 1.82) is 0 Å². The number of hydrogen-bond acceptors (Lipinski definition) is 7. The van der Waals surface area contributed by atoms with Crippen LogP contribution in [-0.2, 0) is 16.1 Å². The number of pyridine rings is 1. The number of morpholine rings is 1. The van der Waals surface area contributed by atoms with Crippen LogP contribution in [0.15, 0.2) is 35.1 Å². The summed E-state index contributed by atoms with van der Waals surface area (Å²) in [4.78, 5) is 38.3. The Bertz CT molecular complexity index is 1530. The van der Waals surface area contributed by atoms with E-state index in [1.807, 2.05) is 6.07 Å². The first-order valence-corrected chi connectivity index (χ1v) is 12.4. The Morgan fingerprint density at radius 2 is 1.62 bits per heavy atom. The molecule has 1 aliphatic carbocycles. The highest BCUT2D eigenvalue weighted by Crippen LogP contribution is 2.45. The van der Waals surface area contributed by atoms with Gasteiger partial charge in [-0.15, -0.1) is 0 Å². The van der Waals surface area contributed by atoms with Gasteiger partial charge in [-0.1, -0.05) is 17.7 Å². The molecule has 0 spiro atoms. The number of carbonyl (C=O) groups is 2. The third-order valence-electron chi connectivity index (χ3n) is 6.68.